The average molecular weight is 306 g/mol. The molecule has 0 aromatic heterocycles. The smallest absolute Gasteiger partial charge is 0.331 e. The minimum Gasteiger partial charge on any atom is -0.507 e. The van der Waals surface area contributed by atoms with Gasteiger partial charge < -0.3 is 10.2 Å². The van der Waals surface area contributed by atoms with Crippen LogP contribution in [0.2, 0.25) is 0 Å². The van der Waals surface area contributed by atoms with Crippen LogP contribution >= 0.6 is 0 Å². The number of carboxylic acid groups (broad SMARTS) is 1. The molecule has 3 heteroatoms. The first-order valence-electron chi connectivity index (χ1n) is 7.12. The number of phenolic OH excluding ortho intramolecular Hbond substituents is 1. The monoisotopic (exact) mass is 306 g/mol. The van der Waals surface area contributed by atoms with Crippen LogP contribution in [0.1, 0.15) is 65.7 Å². The summed E-state index contributed by atoms with van der Waals surface area (Å²) in [5.74, 6) is -0.856. The number of carboxylic acids is 1. The molecule has 0 heterocycles. The summed E-state index contributed by atoms with van der Waals surface area (Å²) in [6.07, 6.45) is 0.147. The molecule has 0 saturated carbocycles. The molecule has 0 bridgehead atoms. The molecule has 22 heavy (non-hydrogen) atoms. The van der Waals surface area contributed by atoms with Gasteiger partial charge in [-0.3, -0.25) is 0 Å². The van der Waals surface area contributed by atoms with Crippen molar-refractivity contribution in [3.63, 3.8) is 0 Å². The van der Waals surface area contributed by atoms with E-state index in [2.05, 4.69) is 27.4 Å². The number of hydrogen-bond donors (Lipinski definition) is 2. The van der Waals surface area contributed by atoms with Gasteiger partial charge in [-0.15, -0.1) is 0 Å². The number of carbonyl (C=O) groups is 1. The highest BCUT2D eigenvalue weighted by Gasteiger charge is 2.25. The van der Waals surface area contributed by atoms with Crippen molar-refractivity contribution in [3.05, 3.63) is 41.0 Å². The molecule has 0 aliphatic carbocycles. The van der Waals surface area contributed by atoms with Gasteiger partial charge in [-0.05, 0) is 27.5 Å². The molecule has 3 nitrogen and oxygen atoms in total. The summed E-state index contributed by atoms with van der Waals surface area (Å²) in [7, 11) is 0. The zero-order chi connectivity index (χ0) is 16.6. The Balaban J connectivity index is 0.00000441. The van der Waals surface area contributed by atoms with Crippen LogP contribution in [0.4, 0.5) is 0 Å². The van der Waals surface area contributed by atoms with Crippen molar-refractivity contribution >= 4 is 5.97 Å². The quantitative estimate of drug-likeness (QED) is 0.788. The molecule has 1 aromatic rings. The fourth-order valence-electron chi connectivity index (χ4n) is 2.14. The summed E-state index contributed by atoms with van der Waals surface area (Å²) in [4.78, 5) is 11.0. The predicted octanol–water partition coefficient (Wildman–Crippen LogP) is 4.81. The van der Waals surface area contributed by atoms with E-state index < -0.39 is 5.97 Å². The fourth-order valence-corrected chi connectivity index (χ4v) is 2.14. The topological polar surface area (TPSA) is 57.5 Å². The second-order valence-corrected chi connectivity index (χ2v) is 7.62. The van der Waals surface area contributed by atoms with E-state index in [1.807, 2.05) is 32.9 Å². The Hall–Kier alpha value is -1.77. The van der Waals surface area contributed by atoms with Crippen LogP contribution in [0.15, 0.2) is 24.3 Å². The third-order valence-corrected chi connectivity index (χ3v) is 3.57. The van der Waals surface area contributed by atoms with Gasteiger partial charge >= 0.3 is 5.97 Å². The van der Waals surface area contributed by atoms with Crippen LogP contribution < -0.4 is 0 Å². The lowest BCUT2D eigenvalue weighted by atomic mass is 9.78. The molecule has 1 rings (SSSR count). The number of aliphatic carboxylic acids is 1. The first kappa shape index (κ1) is 20.2. The lowest BCUT2D eigenvalue weighted by molar-refractivity contribution is -0.132. The van der Waals surface area contributed by atoms with Gasteiger partial charge in [-0.1, -0.05) is 67.7 Å². The Morgan fingerprint density at radius 2 is 1.59 bits per heavy atom. The van der Waals surface area contributed by atoms with Gasteiger partial charge in [0, 0.05) is 12.0 Å². The van der Waals surface area contributed by atoms with E-state index in [1.54, 1.807) is 0 Å². The maximum Gasteiger partial charge on any atom is 0.331 e. The van der Waals surface area contributed by atoms with Crippen molar-refractivity contribution in [1.82, 2.24) is 0 Å². The molecule has 0 unspecified atom stereocenters. The summed E-state index contributed by atoms with van der Waals surface area (Å²) >= 11 is 0. The standard InChI is InChI=1S/C18H26O3.CH4/c1-11(16(20)21)8-12-9-13(17(2,3)4)10-14(15(12)19)18(5,6)7;/h9-10,19H,1,8H2,2-7H3,(H,20,21);1H4. The predicted molar refractivity (Wildman–Crippen MR) is 92.7 cm³/mol. The zero-order valence-corrected chi connectivity index (χ0v) is 13.9. The highest BCUT2D eigenvalue weighted by atomic mass is 16.4. The molecule has 0 radical (unpaired) electrons. The molecule has 0 atom stereocenters. The van der Waals surface area contributed by atoms with Gasteiger partial charge in [0.1, 0.15) is 5.75 Å². The van der Waals surface area contributed by atoms with Crippen LogP contribution in [0.3, 0.4) is 0 Å². The molecule has 0 aliphatic rings. The Morgan fingerprint density at radius 3 is 1.95 bits per heavy atom. The van der Waals surface area contributed by atoms with Gasteiger partial charge in [0.15, 0.2) is 0 Å². The molecule has 0 spiro atoms. The van der Waals surface area contributed by atoms with Crippen molar-refractivity contribution in [2.24, 2.45) is 0 Å². The highest BCUT2D eigenvalue weighted by molar-refractivity contribution is 5.86. The van der Waals surface area contributed by atoms with Gasteiger partial charge in [0.05, 0.1) is 0 Å². The molecular weight excluding hydrogens is 276 g/mol. The molecule has 1 aromatic carbocycles. The Bertz CT molecular complexity index is 570. The van der Waals surface area contributed by atoms with Crippen molar-refractivity contribution in [1.29, 1.82) is 0 Å². The van der Waals surface area contributed by atoms with Crippen molar-refractivity contribution < 1.29 is 15.0 Å². The van der Waals surface area contributed by atoms with E-state index in [0.29, 0.717) is 5.56 Å². The second-order valence-electron chi connectivity index (χ2n) is 7.62. The van der Waals surface area contributed by atoms with E-state index >= 15 is 0 Å². The molecule has 0 fully saturated rings. The van der Waals surface area contributed by atoms with Crippen LogP contribution in [0.25, 0.3) is 0 Å². The maximum atomic E-state index is 11.0. The molecule has 124 valence electrons. The Labute approximate surface area is 134 Å². The highest BCUT2D eigenvalue weighted by Crippen LogP contribution is 2.38. The van der Waals surface area contributed by atoms with Crippen molar-refractivity contribution in [2.45, 2.75) is 66.2 Å². The molecule has 0 saturated heterocycles. The van der Waals surface area contributed by atoms with Crippen LogP contribution in [0.5, 0.6) is 5.75 Å². The summed E-state index contributed by atoms with van der Waals surface area (Å²) in [6.45, 7) is 16.0. The summed E-state index contributed by atoms with van der Waals surface area (Å²) < 4.78 is 0. The van der Waals surface area contributed by atoms with E-state index in [-0.39, 0.29) is 36.0 Å². The SMILES string of the molecule is C.C=C(Cc1cc(C(C)(C)C)cc(C(C)(C)C)c1O)C(=O)O. The lowest BCUT2D eigenvalue weighted by Gasteiger charge is -2.27. The Kier molecular flexibility index (Phi) is 6.03. The third-order valence-electron chi connectivity index (χ3n) is 3.57. The minimum atomic E-state index is -1.03. The molecule has 2 N–H and O–H groups in total. The summed E-state index contributed by atoms with van der Waals surface area (Å²) in [6, 6.07) is 3.90. The van der Waals surface area contributed by atoms with Crippen LogP contribution in [-0.4, -0.2) is 16.2 Å². The maximum absolute atomic E-state index is 11.0. The first-order valence-corrected chi connectivity index (χ1v) is 7.12. The second kappa shape index (κ2) is 6.55. The number of rotatable bonds is 3. The van der Waals surface area contributed by atoms with Gasteiger partial charge in [-0.2, -0.15) is 0 Å². The Morgan fingerprint density at radius 1 is 1.09 bits per heavy atom. The van der Waals surface area contributed by atoms with E-state index in [4.69, 9.17) is 5.11 Å². The van der Waals surface area contributed by atoms with Gasteiger partial charge in [-0.25, -0.2) is 4.79 Å². The minimum absolute atomic E-state index is 0. The summed E-state index contributed by atoms with van der Waals surface area (Å²) in [5, 5.41) is 19.5. The van der Waals surface area contributed by atoms with E-state index in [0.717, 1.165) is 11.1 Å². The first-order chi connectivity index (χ1) is 9.34. The third kappa shape index (κ3) is 4.62. The van der Waals surface area contributed by atoms with E-state index in [9.17, 15) is 9.90 Å². The zero-order valence-electron chi connectivity index (χ0n) is 13.9. The van der Waals surface area contributed by atoms with Gasteiger partial charge in [0.2, 0.25) is 0 Å². The van der Waals surface area contributed by atoms with Crippen molar-refractivity contribution in [2.75, 3.05) is 0 Å². The lowest BCUT2D eigenvalue weighted by Crippen LogP contribution is -2.18. The largest absolute Gasteiger partial charge is 0.507 e. The number of hydrogen-bond acceptors (Lipinski definition) is 2. The number of aromatic hydroxyl groups is 1. The number of phenols is 1. The van der Waals surface area contributed by atoms with Crippen LogP contribution in [-0.2, 0) is 22.0 Å². The number of benzene rings is 1. The average Bonchev–Trinajstić information content (AvgIpc) is 2.28. The normalized spacial score (nSPS) is 11.7. The van der Waals surface area contributed by atoms with Crippen molar-refractivity contribution in [3.8, 4) is 5.75 Å². The van der Waals surface area contributed by atoms with Crippen LogP contribution in [0, 0.1) is 0 Å². The molecule has 0 amide bonds. The van der Waals surface area contributed by atoms with E-state index in [1.165, 1.54) is 0 Å². The molecular formula is C19H30O3. The molecule has 0 aliphatic heterocycles. The fraction of sp³-hybridized carbons (Fsp3) is 0.526. The van der Waals surface area contributed by atoms with Gasteiger partial charge in [0.25, 0.3) is 0 Å². The summed E-state index contributed by atoms with van der Waals surface area (Å²) in [5.41, 5.74) is 2.33.